The number of nitrogens with one attached hydrogen (secondary N) is 2. The molecule has 1 aliphatic heterocycles. The van der Waals surface area contributed by atoms with Gasteiger partial charge in [-0.3, -0.25) is 14.3 Å². The molecule has 1 saturated heterocycles. The SMILES string of the molecule is CCNP(=S)(OCC1OC(n2ccc(=O)[nH]c2=O)C(C)(F)C1O)Oc1ccc2ccccc2c1. The smallest absolute Gasteiger partial charge is 0.330 e. The van der Waals surface area contributed by atoms with Gasteiger partial charge < -0.3 is 18.9 Å². The number of hydrogen-bond donors (Lipinski definition) is 3. The molecule has 0 amide bonds. The van der Waals surface area contributed by atoms with Crippen LogP contribution < -0.4 is 20.9 Å². The van der Waals surface area contributed by atoms with E-state index in [1.807, 2.05) is 48.3 Å². The zero-order chi connectivity index (χ0) is 24.5. The second-order valence-electron chi connectivity index (χ2n) is 8.05. The summed E-state index contributed by atoms with van der Waals surface area (Å²) < 4.78 is 33.8. The van der Waals surface area contributed by atoms with Gasteiger partial charge in [-0.2, -0.15) is 0 Å². The third-order valence-corrected chi connectivity index (χ3v) is 8.10. The number of H-pyrrole nitrogens is 1. The van der Waals surface area contributed by atoms with Crippen LogP contribution in [-0.4, -0.2) is 45.7 Å². The molecule has 12 heteroatoms. The first kappa shape index (κ1) is 24.7. The first-order chi connectivity index (χ1) is 16.1. The monoisotopic (exact) mass is 509 g/mol. The molecule has 0 spiro atoms. The van der Waals surface area contributed by atoms with Crippen LogP contribution in [0.4, 0.5) is 4.39 Å². The van der Waals surface area contributed by atoms with Crippen LogP contribution in [0.3, 0.4) is 0 Å². The largest absolute Gasteiger partial charge is 0.433 e. The zero-order valence-corrected chi connectivity index (χ0v) is 20.2. The number of aromatic nitrogens is 2. The average Bonchev–Trinajstić information content (AvgIpc) is 3.01. The number of hydrogen-bond acceptors (Lipinski definition) is 7. The number of nitrogens with zero attached hydrogens (tertiary/aromatic N) is 1. The average molecular weight is 509 g/mol. The van der Waals surface area contributed by atoms with Crippen LogP contribution in [0.1, 0.15) is 20.1 Å². The number of aliphatic hydroxyl groups excluding tert-OH is 1. The molecule has 1 fully saturated rings. The molecule has 2 aromatic carbocycles. The fraction of sp³-hybridized carbons (Fsp3) is 0.364. The van der Waals surface area contributed by atoms with Crippen LogP contribution in [0.25, 0.3) is 10.8 Å². The molecule has 1 aromatic heterocycles. The molecule has 9 nitrogen and oxygen atoms in total. The quantitative estimate of drug-likeness (QED) is 0.397. The molecule has 0 bridgehead atoms. The Kier molecular flexibility index (Phi) is 7.04. The third kappa shape index (κ3) is 5.00. The first-order valence-electron chi connectivity index (χ1n) is 10.6. The second kappa shape index (κ2) is 9.69. The summed E-state index contributed by atoms with van der Waals surface area (Å²) in [5.74, 6) is 0.504. The van der Waals surface area contributed by atoms with Gasteiger partial charge in [0, 0.05) is 18.8 Å². The van der Waals surface area contributed by atoms with E-state index < -0.39 is 42.0 Å². The van der Waals surface area contributed by atoms with Crippen LogP contribution in [0, 0.1) is 0 Å². The number of fused-ring (bicyclic) bond motifs is 1. The molecule has 34 heavy (non-hydrogen) atoms. The normalized spacial score (nSPS) is 26.4. The zero-order valence-electron chi connectivity index (χ0n) is 18.5. The minimum atomic E-state index is -3.09. The van der Waals surface area contributed by atoms with Crippen LogP contribution >= 0.6 is 6.64 Å². The van der Waals surface area contributed by atoms with E-state index >= 15 is 4.39 Å². The highest BCUT2D eigenvalue weighted by Crippen LogP contribution is 2.47. The maximum Gasteiger partial charge on any atom is 0.330 e. The van der Waals surface area contributed by atoms with Crippen molar-refractivity contribution < 1.29 is 23.3 Å². The molecule has 0 saturated carbocycles. The number of ether oxygens (including phenoxy) is 1. The van der Waals surface area contributed by atoms with E-state index in [0.717, 1.165) is 34.5 Å². The van der Waals surface area contributed by atoms with Crippen molar-refractivity contribution in [2.24, 2.45) is 0 Å². The van der Waals surface area contributed by atoms with Crippen molar-refractivity contribution in [1.29, 1.82) is 0 Å². The summed E-state index contributed by atoms with van der Waals surface area (Å²) in [4.78, 5) is 25.5. The van der Waals surface area contributed by atoms with Gasteiger partial charge in [0.25, 0.3) is 5.56 Å². The molecule has 3 aromatic rings. The highest BCUT2D eigenvalue weighted by Gasteiger charge is 2.55. The lowest BCUT2D eigenvalue weighted by atomic mass is 9.98. The van der Waals surface area contributed by atoms with Crippen molar-refractivity contribution in [2.75, 3.05) is 13.2 Å². The molecule has 0 radical (unpaired) electrons. The summed E-state index contributed by atoms with van der Waals surface area (Å²) in [6.07, 6.45) is -3.12. The van der Waals surface area contributed by atoms with Crippen molar-refractivity contribution in [2.45, 2.75) is 38.0 Å². The molecular weight excluding hydrogens is 484 g/mol. The van der Waals surface area contributed by atoms with E-state index in [-0.39, 0.29) is 6.61 Å². The molecule has 1 aliphatic rings. The van der Waals surface area contributed by atoms with E-state index in [1.165, 1.54) is 0 Å². The number of aromatic amines is 1. The summed E-state index contributed by atoms with van der Waals surface area (Å²) in [6.45, 7) is 0.0314. The van der Waals surface area contributed by atoms with Gasteiger partial charge >= 0.3 is 12.3 Å². The van der Waals surface area contributed by atoms with Crippen molar-refractivity contribution in [3.8, 4) is 5.75 Å². The molecule has 3 N–H and O–H groups in total. The highest BCUT2D eigenvalue weighted by molar-refractivity contribution is 8.09. The van der Waals surface area contributed by atoms with Crippen LogP contribution in [-0.2, 0) is 21.1 Å². The van der Waals surface area contributed by atoms with E-state index in [1.54, 1.807) is 6.07 Å². The van der Waals surface area contributed by atoms with Crippen molar-refractivity contribution in [3.63, 3.8) is 0 Å². The minimum absolute atomic E-state index is 0.285. The van der Waals surface area contributed by atoms with Crippen molar-refractivity contribution in [1.82, 2.24) is 14.6 Å². The third-order valence-electron chi connectivity index (χ3n) is 5.53. The summed E-state index contributed by atoms with van der Waals surface area (Å²) in [5, 5.41) is 15.6. The van der Waals surface area contributed by atoms with Gasteiger partial charge in [-0.15, -0.1) is 0 Å². The molecular formula is C22H25FN3O6PS. The number of benzene rings is 2. The van der Waals surface area contributed by atoms with E-state index in [2.05, 4.69) is 5.09 Å². The maximum absolute atomic E-state index is 15.4. The van der Waals surface area contributed by atoms with E-state index in [0.29, 0.717) is 12.3 Å². The van der Waals surface area contributed by atoms with Crippen LogP contribution in [0.5, 0.6) is 5.75 Å². The van der Waals surface area contributed by atoms with Gasteiger partial charge in [0.15, 0.2) is 11.9 Å². The molecule has 0 aliphatic carbocycles. The fourth-order valence-electron chi connectivity index (χ4n) is 3.79. The standard InChI is InChI=1S/C22H25FN3O6PS/c1-3-24-33(34,32-16-9-8-14-6-4-5-7-15(14)12-16)30-13-17-19(28)22(2,23)20(31-17)26-11-10-18(27)25-21(26)29/h4-12,17,19-20,28H,3,13H2,1-2H3,(H,24,34)(H,25,27,29). The summed E-state index contributed by atoms with van der Waals surface area (Å²) in [7, 11) is 0. The second-order valence-corrected chi connectivity index (χ2v) is 11.2. The van der Waals surface area contributed by atoms with Gasteiger partial charge in [-0.25, -0.2) is 14.3 Å². The lowest BCUT2D eigenvalue weighted by Gasteiger charge is -2.26. The maximum atomic E-state index is 15.4. The van der Waals surface area contributed by atoms with E-state index in [4.69, 9.17) is 25.6 Å². The Labute approximate surface area is 199 Å². The van der Waals surface area contributed by atoms with Crippen molar-refractivity contribution >= 4 is 29.2 Å². The lowest BCUT2D eigenvalue weighted by molar-refractivity contribution is -0.0585. The van der Waals surface area contributed by atoms with E-state index in [9.17, 15) is 14.7 Å². The van der Waals surface area contributed by atoms with Crippen LogP contribution in [0.2, 0.25) is 0 Å². The Hall–Kier alpha value is -2.40. The minimum Gasteiger partial charge on any atom is -0.433 e. The number of rotatable bonds is 8. The molecule has 2 heterocycles. The molecule has 182 valence electrons. The Balaban J connectivity index is 1.51. The topological polar surface area (TPSA) is 115 Å². The molecule has 4 rings (SSSR count). The van der Waals surface area contributed by atoms with Gasteiger partial charge in [-0.1, -0.05) is 37.3 Å². The predicted molar refractivity (Wildman–Crippen MR) is 129 cm³/mol. The Bertz CT molecular complexity index is 1350. The summed E-state index contributed by atoms with van der Waals surface area (Å²) in [5.41, 5.74) is -3.82. The molecule has 5 atom stereocenters. The predicted octanol–water partition coefficient (Wildman–Crippen LogP) is 2.61. The van der Waals surface area contributed by atoms with Crippen molar-refractivity contribution in [3.05, 3.63) is 75.6 Å². The van der Waals surface area contributed by atoms with Crippen LogP contribution in [0.15, 0.2) is 64.3 Å². The van der Waals surface area contributed by atoms with Gasteiger partial charge in [0.05, 0.1) is 6.61 Å². The van der Waals surface area contributed by atoms with Gasteiger partial charge in [-0.05, 0) is 41.6 Å². The number of halogens is 1. The Morgan fingerprint density at radius 2 is 2.00 bits per heavy atom. The van der Waals surface area contributed by atoms with Gasteiger partial charge in [0.1, 0.15) is 18.0 Å². The Morgan fingerprint density at radius 3 is 2.71 bits per heavy atom. The first-order valence-corrected chi connectivity index (χ1v) is 13.3. The highest BCUT2D eigenvalue weighted by atomic mass is 32.5. The number of alkyl halides is 1. The summed E-state index contributed by atoms with van der Waals surface area (Å²) in [6, 6.07) is 14.4. The lowest BCUT2D eigenvalue weighted by Crippen LogP contribution is -2.43. The Morgan fingerprint density at radius 1 is 1.26 bits per heavy atom. The molecule has 5 unspecified atom stereocenters. The number of aliphatic hydroxyl groups is 1. The summed E-state index contributed by atoms with van der Waals surface area (Å²) >= 11 is 5.62. The van der Waals surface area contributed by atoms with Gasteiger partial charge in [0.2, 0.25) is 0 Å². The fourth-order valence-corrected chi connectivity index (χ4v) is 5.95.